The smallest absolute Gasteiger partial charge is 0.275 e. The Morgan fingerprint density at radius 3 is 2.73 bits per heavy atom. The number of aryl methyl sites for hydroxylation is 1. The Morgan fingerprint density at radius 1 is 1.09 bits per heavy atom. The minimum atomic E-state index is -0.525. The molecule has 2 amide bonds. The van der Waals surface area contributed by atoms with Crippen molar-refractivity contribution in [1.29, 1.82) is 0 Å². The molecule has 0 spiro atoms. The second-order valence-corrected chi connectivity index (χ2v) is 7.11. The number of fused-ring (bicyclic) bond motifs is 1. The fourth-order valence-electron chi connectivity index (χ4n) is 3.33. The number of benzene rings is 1. The first-order valence-corrected chi connectivity index (χ1v) is 9.99. The third-order valence-corrected chi connectivity index (χ3v) is 4.92. The zero-order chi connectivity index (χ0) is 22.8. The van der Waals surface area contributed by atoms with E-state index in [4.69, 9.17) is 4.42 Å². The summed E-state index contributed by atoms with van der Waals surface area (Å²) in [5, 5.41) is 9.43. The molecule has 11 nitrogen and oxygen atoms in total. The number of carbonyl (C=O) groups is 2. The van der Waals surface area contributed by atoms with Crippen LogP contribution in [-0.4, -0.2) is 40.9 Å². The van der Waals surface area contributed by atoms with Crippen molar-refractivity contribution in [1.82, 2.24) is 34.4 Å². The number of rotatable bonds is 6. The van der Waals surface area contributed by atoms with E-state index in [-0.39, 0.29) is 17.8 Å². The molecule has 4 aromatic heterocycles. The molecule has 5 aromatic rings. The first kappa shape index (κ1) is 20.1. The summed E-state index contributed by atoms with van der Waals surface area (Å²) in [6.07, 6.45) is 7.84. The van der Waals surface area contributed by atoms with Crippen LogP contribution >= 0.6 is 0 Å². The Labute approximate surface area is 187 Å². The van der Waals surface area contributed by atoms with E-state index in [1.807, 2.05) is 36.5 Å². The van der Waals surface area contributed by atoms with Crippen LogP contribution < -0.4 is 10.6 Å². The molecule has 0 aliphatic rings. The number of anilines is 1. The predicted molar refractivity (Wildman–Crippen MR) is 117 cm³/mol. The molecule has 0 saturated carbocycles. The summed E-state index contributed by atoms with van der Waals surface area (Å²) < 4.78 is 8.20. The van der Waals surface area contributed by atoms with Gasteiger partial charge in [-0.25, -0.2) is 9.97 Å². The average Bonchev–Trinajstić information content (AvgIpc) is 3.57. The molecular weight excluding hydrogens is 424 g/mol. The van der Waals surface area contributed by atoms with Crippen LogP contribution in [0.15, 0.2) is 71.9 Å². The summed E-state index contributed by atoms with van der Waals surface area (Å²) >= 11 is 0. The van der Waals surface area contributed by atoms with Crippen LogP contribution in [0.2, 0.25) is 0 Å². The third kappa shape index (κ3) is 4.06. The van der Waals surface area contributed by atoms with E-state index in [0.717, 1.165) is 11.3 Å². The van der Waals surface area contributed by atoms with E-state index < -0.39 is 11.8 Å². The summed E-state index contributed by atoms with van der Waals surface area (Å²) in [6.45, 7) is 0.0869. The molecular formula is C22H18N8O3. The summed E-state index contributed by atoms with van der Waals surface area (Å²) in [6, 6.07) is 11.4. The van der Waals surface area contributed by atoms with Crippen LogP contribution in [0, 0.1) is 0 Å². The number of oxazole rings is 1. The van der Waals surface area contributed by atoms with Crippen molar-refractivity contribution in [3.63, 3.8) is 0 Å². The Morgan fingerprint density at radius 2 is 1.94 bits per heavy atom. The van der Waals surface area contributed by atoms with Gasteiger partial charge in [-0.05, 0) is 6.07 Å². The first-order chi connectivity index (χ1) is 16.1. The normalized spacial score (nSPS) is 10.9. The Kier molecular flexibility index (Phi) is 5.11. The Hall–Kier alpha value is -4.80. The fraction of sp³-hybridized carbons (Fsp3) is 0.0909. The van der Waals surface area contributed by atoms with Gasteiger partial charge in [0.25, 0.3) is 11.8 Å². The summed E-state index contributed by atoms with van der Waals surface area (Å²) in [4.78, 5) is 38.5. The van der Waals surface area contributed by atoms with Crippen molar-refractivity contribution >= 4 is 23.4 Å². The van der Waals surface area contributed by atoms with Gasteiger partial charge in [0.2, 0.25) is 11.7 Å². The van der Waals surface area contributed by atoms with E-state index in [2.05, 4.69) is 30.7 Å². The number of hydrogen-bond donors (Lipinski definition) is 2. The van der Waals surface area contributed by atoms with Crippen molar-refractivity contribution in [2.75, 3.05) is 5.32 Å². The largest absolute Gasteiger partial charge is 0.447 e. The SMILES string of the molecule is Cn1ncc(C(=O)NCc2ncco2)c1C(=O)Nc1ccn2cc(-c3ccccc3)nc2n1. The lowest BCUT2D eigenvalue weighted by atomic mass is 10.2. The number of amides is 2. The zero-order valence-corrected chi connectivity index (χ0v) is 17.5. The minimum absolute atomic E-state index is 0.0869. The van der Waals surface area contributed by atoms with Crippen LogP contribution in [0.1, 0.15) is 26.7 Å². The molecule has 4 heterocycles. The second-order valence-electron chi connectivity index (χ2n) is 7.11. The van der Waals surface area contributed by atoms with E-state index in [0.29, 0.717) is 17.5 Å². The van der Waals surface area contributed by atoms with Crippen LogP contribution in [0.4, 0.5) is 5.82 Å². The van der Waals surface area contributed by atoms with Gasteiger partial charge < -0.3 is 15.1 Å². The van der Waals surface area contributed by atoms with Gasteiger partial charge in [0.05, 0.1) is 30.2 Å². The van der Waals surface area contributed by atoms with E-state index in [1.54, 1.807) is 23.7 Å². The quantitative estimate of drug-likeness (QED) is 0.412. The average molecular weight is 442 g/mol. The van der Waals surface area contributed by atoms with Crippen LogP contribution in [0.25, 0.3) is 17.0 Å². The molecule has 33 heavy (non-hydrogen) atoms. The molecule has 0 fully saturated rings. The number of aromatic nitrogens is 6. The molecule has 0 bridgehead atoms. The van der Waals surface area contributed by atoms with Crippen molar-refractivity contribution in [2.24, 2.45) is 7.05 Å². The summed E-state index contributed by atoms with van der Waals surface area (Å²) in [5.74, 6) is 0.0783. The number of hydrogen-bond acceptors (Lipinski definition) is 7. The molecule has 0 saturated heterocycles. The van der Waals surface area contributed by atoms with Gasteiger partial charge in [-0.2, -0.15) is 10.1 Å². The number of nitrogens with zero attached hydrogens (tertiary/aromatic N) is 6. The van der Waals surface area contributed by atoms with Crippen LogP contribution in [0.5, 0.6) is 0 Å². The first-order valence-electron chi connectivity index (χ1n) is 9.99. The maximum Gasteiger partial charge on any atom is 0.275 e. The molecule has 0 atom stereocenters. The number of carbonyl (C=O) groups excluding carboxylic acids is 2. The van der Waals surface area contributed by atoms with E-state index in [1.165, 1.54) is 23.3 Å². The maximum atomic E-state index is 13.0. The predicted octanol–water partition coefficient (Wildman–Crippen LogP) is 2.30. The van der Waals surface area contributed by atoms with Crippen molar-refractivity contribution in [3.05, 3.63) is 84.6 Å². The molecule has 11 heteroatoms. The molecule has 0 aliphatic carbocycles. The number of nitrogens with one attached hydrogen (secondary N) is 2. The third-order valence-electron chi connectivity index (χ3n) is 4.92. The number of imidazole rings is 1. The monoisotopic (exact) mass is 442 g/mol. The Bertz CT molecular complexity index is 1440. The van der Waals surface area contributed by atoms with Crippen molar-refractivity contribution < 1.29 is 14.0 Å². The van der Waals surface area contributed by atoms with Crippen molar-refractivity contribution in [3.8, 4) is 11.3 Å². The van der Waals surface area contributed by atoms with Crippen LogP contribution in [0.3, 0.4) is 0 Å². The van der Waals surface area contributed by atoms with Gasteiger partial charge in [-0.3, -0.25) is 18.7 Å². The highest BCUT2D eigenvalue weighted by atomic mass is 16.3. The highest BCUT2D eigenvalue weighted by Crippen LogP contribution is 2.19. The van der Waals surface area contributed by atoms with E-state index in [9.17, 15) is 9.59 Å². The molecule has 0 radical (unpaired) electrons. The highest BCUT2D eigenvalue weighted by Gasteiger charge is 2.23. The zero-order valence-electron chi connectivity index (χ0n) is 17.5. The highest BCUT2D eigenvalue weighted by molar-refractivity contribution is 6.10. The molecule has 0 unspecified atom stereocenters. The van der Waals surface area contributed by atoms with Gasteiger partial charge in [0.1, 0.15) is 17.8 Å². The van der Waals surface area contributed by atoms with Gasteiger partial charge in [-0.1, -0.05) is 30.3 Å². The van der Waals surface area contributed by atoms with Crippen LogP contribution in [-0.2, 0) is 13.6 Å². The van der Waals surface area contributed by atoms with Gasteiger partial charge in [0.15, 0.2) is 0 Å². The van der Waals surface area contributed by atoms with Crippen molar-refractivity contribution in [2.45, 2.75) is 6.54 Å². The summed E-state index contributed by atoms with van der Waals surface area (Å²) in [7, 11) is 1.58. The maximum absolute atomic E-state index is 13.0. The van der Waals surface area contributed by atoms with Gasteiger partial charge >= 0.3 is 0 Å². The standard InChI is InChI=1S/C22H18N8O3/c1-29-19(15(11-25-29)20(31)24-12-18-23-8-10-33-18)21(32)27-17-7-9-30-13-16(26-22(30)28-17)14-5-3-2-4-6-14/h2-11,13H,12H2,1H3,(H,24,31)(H,26,27,28,32). The molecule has 2 N–H and O–H groups in total. The lowest BCUT2D eigenvalue weighted by Crippen LogP contribution is -2.27. The fourth-order valence-corrected chi connectivity index (χ4v) is 3.33. The molecule has 5 rings (SSSR count). The van der Waals surface area contributed by atoms with Gasteiger partial charge in [-0.15, -0.1) is 0 Å². The molecule has 164 valence electrons. The van der Waals surface area contributed by atoms with E-state index >= 15 is 0 Å². The topological polar surface area (TPSA) is 132 Å². The lowest BCUT2D eigenvalue weighted by molar-refractivity contribution is 0.0933. The molecule has 1 aromatic carbocycles. The lowest BCUT2D eigenvalue weighted by Gasteiger charge is -2.08. The Balaban J connectivity index is 1.35. The van der Waals surface area contributed by atoms with Gasteiger partial charge in [0, 0.05) is 25.0 Å². The molecule has 0 aliphatic heterocycles. The minimum Gasteiger partial charge on any atom is -0.447 e. The summed E-state index contributed by atoms with van der Waals surface area (Å²) in [5.41, 5.74) is 1.94. The second kappa shape index (κ2) is 8.38.